The molecule has 0 unspecified atom stereocenters. The van der Waals surface area contributed by atoms with Gasteiger partial charge in [0.2, 0.25) is 0 Å². The number of aliphatic imine (C=N–C) groups is 1. The first-order valence-corrected chi connectivity index (χ1v) is 12.7. The van der Waals surface area contributed by atoms with E-state index in [1.54, 1.807) is 0 Å². The summed E-state index contributed by atoms with van der Waals surface area (Å²) in [4.78, 5) is 7.54. The van der Waals surface area contributed by atoms with Crippen LogP contribution < -0.4 is 0 Å². The number of aliphatic hydroxyl groups is 1. The number of aliphatic hydroxyl groups excluding tert-OH is 1. The zero-order chi connectivity index (χ0) is 21.6. The van der Waals surface area contributed by atoms with Crippen molar-refractivity contribution >= 4 is 59.3 Å². The summed E-state index contributed by atoms with van der Waals surface area (Å²) in [7, 11) is 0. The molecule has 0 saturated carbocycles. The van der Waals surface area contributed by atoms with E-state index in [0.29, 0.717) is 12.5 Å². The van der Waals surface area contributed by atoms with E-state index in [4.69, 9.17) is 4.99 Å². The van der Waals surface area contributed by atoms with Crippen LogP contribution in [0.2, 0.25) is 0 Å². The summed E-state index contributed by atoms with van der Waals surface area (Å²) < 4.78 is 5.32. The maximum Gasteiger partial charge on any atom is 0.141 e. The third kappa shape index (κ3) is 4.10. The minimum Gasteiger partial charge on any atom is -0.396 e. The summed E-state index contributed by atoms with van der Waals surface area (Å²) in [5.41, 5.74) is 7.25. The van der Waals surface area contributed by atoms with Gasteiger partial charge in [-0.1, -0.05) is 0 Å². The van der Waals surface area contributed by atoms with E-state index in [9.17, 15) is 5.11 Å². The largest absolute Gasteiger partial charge is 0.396 e. The van der Waals surface area contributed by atoms with Gasteiger partial charge in [0.25, 0.3) is 0 Å². The molecule has 0 atom stereocenters. The molecule has 4 rings (SSSR count). The molecular weight excluding hydrogens is 574 g/mol. The van der Waals surface area contributed by atoms with Crippen LogP contribution in [0.15, 0.2) is 42.3 Å². The predicted octanol–water partition coefficient (Wildman–Crippen LogP) is 6.62. The molecule has 0 spiro atoms. The highest BCUT2D eigenvalue weighted by Gasteiger charge is 2.26. The molecule has 4 nitrogen and oxygen atoms in total. The van der Waals surface area contributed by atoms with Gasteiger partial charge in [-0.05, 0) is 111 Å². The lowest BCUT2D eigenvalue weighted by atomic mass is 9.96. The van der Waals surface area contributed by atoms with Gasteiger partial charge in [0, 0.05) is 62.2 Å². The standard InChI is InChI=1S/C23H26Br3N3O/c1-13-8-17(28-6-4-16(12-30)5-7-28)9-18-14(2)15(3)29(23(18)27-13)22-11-20(25)19(24)10-21(22)26/h8,10-11,16,30H,4-7,9,12H2,1-3H3. The van der Waals surface area contributed by atoms with Crippen molar-refractivity contribution in [1.29, 1.82) is 0 Å². The molecule has 0 amide bonds. The number of hydrogen-bond acceptors (Lipinski definition) is 3. The Hall–Kier alpha value is -0.890. The van der Waals surface area contributed by atoms with Gasteiger partial charge in [0.1, 0.15) is 5.82 Å². The second-order valence-electron chi connectivity index (χ2n) is 8.24. The summed E-state index contributed by atoms with van der Waals surface area (Å²) in [5.74, 6) is 1.46. The monoisotopic (exact) mass is 597 g/mol. The predicted molar refractivity (Wildman–Crippen MR) is 134 cm³/mol. The van der Waals surface area contributed by atoms with Crippen LogP contribution in [0.3, 0.4) is 0 Å². The number of rotatable bonds is 3. The van der Waals surface area contributed by atoms with Crippen molar-refractivity contribution in [3.63, 3.8) is 0 Å². The van der Waals surface area contributed by atoms with Gasteiger partial charge in [-0.15, -0.1) is 0 Å². The molecule has 160 valence electrons. The summed E-state index contributed by atoms with van der Waals surface area (Å²) in [6.45, 7) is 8.78. The van der Waals surface area contributed by atoms with E-state index in [-0.39, 0.29) is 0 Å². The average molecular weight is 600 g/mol. The first-order chi connectivity index (χ1) is 14.3. The number of allylic oxidation sites excluding steroid dienone is 2. The molecular formula is C23H26Br3N3O. The second-order valence-corrected chi connectivity index (χ2v) is 10.8. The SMILES string of the molecule is CC1=Nc2c(c(C)c(C)n2-c2cc(Br)c(Br)cc2Br)CC(N2CCC(CO)CC2)=C1. The third-order valence-corrected chi connectivity index (χ3v) is 8.82. The molecule has 1 aromatic heterocycles. The Morgan fingerprint density at radius 2 is 1.70 bits per heavy atom. The lowest BCUT2D eigenvalue weighted by Gasteiger charge is -2.34. The number of hydrogen-bond donors (Lipinski definition) is 1. The van der Waals surface area contributed by atoms with E-state index in [1.165, 1.54) is 22.5 Å². The lowest BCUT2D eigenvalue weighted by molar-refractivity contribution is 0.150. The van der Waals surface area contributed by atoms with Crippen molar-refractivity contribution in [2.75, 3.05) is 19.7 Å². The van der Waals surface area contributed by atoms with Gasteiger partial charge in [-0.25, -0.2) is 4.99 Å². The van der Waals surface area contributed by atoms with Gasteiger partial charge in [0.15, 0.2) is 0 Å². The Kier molecular flexibility index (Phi) is 6.64. The highest BCUT2D eigenvalue weighted by atomic mass is 79.9. The van der Waals surface area contributed by atoms with Crippen molar-refractivity contribution in [1.82, 2.24) is 9.47 Å². The maximum atomic E-state index is 9.48. The van der Waals surface area contributed by atoms with E-state index in [2.05, 4.69) is 96.2 Å². The Morgan fingerprint density at radius 3 is 2.37 bits per heavy atom. The molecule has 7 heteroatoms. The highest BCUT2D eigenvalue weighted by Crippen LogP contribution is 2.40. The topological polar surface area (TPSA) is 40.8 Å². The van der Waals surface area contributed by atoms with Gasteiger partial charge in [-0.2, -0.15) is 0 Å². The average Bonchev–Trinajstić information content (AvgIpc) is 2.85. The van der Waals surface area contributed by atoms with Crippen LogP contribution in [-0.4, -0.2) is 40.0 Å². The fourth-order valence-corrected chi connectivity index (χ4v) is 5.94. The normalized spacial score (nSPS) is 17.5. The number of benzene rings is 1. The van der Waals surface area contributed by atoms with Gasteiger partial charge in [0.05, 0.1) is 5.69 Å². The zero-order valence-corrected chi connectivity index (χ0v) is 22.2. The van der Waals surface area contributed by atoms with Gasteiger partial charge in [-0.3, -0.25) is 4.57 Å². The molecule has 2 aliphatic heterocycles. The molecule has 0 bridgehead atoms. The molecule has 2 aliphatic rings. The summed E-state index contributed by atoms with van der Waals surface area (Å²) in [6.07, 6.45) is 5.23. The van der Waals surface area contributed by atoms with E-state index >= 15 is 0 Å². The van der Waals surface area contributed by atoms with Crippen LogP contribution in [0.5, 0.6) is 0 Å². The smallest absolute Gasteiger partial charge is 0.141 e. The highest BCUT2D eigenvalue weighted by molar-refractivity contribution is 9.13. The fraction of sp³-hybridized carbons (Fsp3) is 0.435. The van der Waals surface area contributed by atoms with Crippen LogP contribution in [0.1, 0.15) is 36.6 Å². The summed E-state index contributed by atoms with van der Waals surface area (Å²) in [6, 6.07) is 4.20. The van der Waals surface area contributed by atoms with E-state index < -0.39 is 0 Å². The van der Waals surface area contributed by atoms with Gasteiger partial charge >= 0.3 is 0 Å². The molecule has 1 N–H and O–H groups in total. The molecule has 3 heterocycles. The first-order valence-electron chi connectivity index (χ1n) is 10.3. The van der Waals surface area contributed by atoms with Crippen LogP contribution in [0.25, 0.3) is 5.69 Å². The number of halogens is 3. The molecule has 1 aromatic carbocycles. The molecule has 1 fully saturated rings. The Bertz CT molecular complexity index is 1050. The minimum atomic E-state index is 0.302. The van der Waals surface area contributed by atoms with Crippen molar-refractivity contribution in [3.8, 4) is 5.69 Å². The second kappa shape index (κ2) is 8.93. The van der Waals surface area contributed by atoms with Crippen molar-refractivity contribution in [2.45, 2.75) is 40.0 Å². The zero-order valence-electron chi connectivity index (χ0n) is 17.5. The quantitative estimate of drug-likeness (QED) is 0.403. The molecule has 2 aromatic rings. The van der Waals surface area contributed by atoms with Crippen molar-refractivity contribution in [2.24, 2.45) is 10.9 Å². The molecule has 0 aliphatic carbocycles. The fourth-order valence-electron chi connectivity index (χ4n) is 4.43. The number of likely N-dealkylation sites (tertiary alicyclic amines) is 1. The Labute approximate surface area is 203 Å². The maximum absolute atomic E-state index is 9.48. The first kappa shape index (κ1) is 22.3. The Balaban J connectivity index is 1.77. The van der Waals surface area contributed by atoms with E-state index in [1.807, 2.05) is 0 Å². The number of fused-ring (bicyclic) bond motifs is 1. The number of aromatic nitrogens is 1. The van der Waals surface area contributed by atoms with Gasteiger partial charge < -0.3 is 10.0 Å². The van der Waals surface area contributed by atoms with Crippen LogP contribution >= 0.6 is 47.8 Å². The lowest BCUT2D eigenvalue weighted by Crippen LogP contribution is -2.35. The number of nitrogens with zero attached hydrogens (tertiary/aromatic N) is 3. The van der Waals surface area contributed by atoms with Crippen molar-refractivity contribution < 1.29 is 5.11 Å². The van der Waals surface area contributed by atoms with Crippen LogP contribution in [0, 0.1) is 19.8 Å². The number of piperidine rings is 1. The van der Waals surface area contributed by atoms with E-state index in [0.717, 1.165) is 63.0 Å². The Morgan fingerprint density at radius 1 is 1.03 bits per heavy atom. The summed E-state index contributed by atoms with van der Waals surface area (Å²) >= 11 is 11.0. The van der Waals surface area contributed by atoms with Crippen LogP contribution in [0.4, 0.5) is 5.82 Å². The molecule has 1 saturated heterocycles. The van der Waals surface area contributed by atoms with Crippen molar-refractivity contribution in [3.05, 3.63) is 54.1 Å². The molecule has 30 heavy (non-hydrogen) atoms. The third-order valence-electron chi connectivity index (χ3n) is 6.34. The minimum absolute atomic E-state index is 0.302. The molecule has 0 radical (unpaired) electrons. The van der Waals surface area contributed by atoms with Crippen LogP contribution in [-0.2, 0) is 6.42 Å². The summed E-state index contributed by atoms with van der Waals surface area (Å²) in [5, 5.41) is 9.48.